The normalized spacial score (nSPS) is 9.75. The molecule has 0 aliphatic heterocycles. The van der Waals surface area contributed by atoms with Crippen LogP contribution in [0.2, 0.25) is 5.02 Å². The third kappa shape index (κ3) is 2.13. The summed E-state index contributed by atoms with van der Waals surface area (Å²) in [5, 5.41) is 19.4. The number of carboxylic acid groups (broad SMARTS) is 1. The molecular weight excluding hydrogens is 180 g/mol. The number of rotatable bonds is 2. The average molecular weight is 186 g/mol. The van der Waals surface area contributed by atoms with Crippen molar-refractivity contribution in [3.05, 3.63) is 28.8 Å². The zero-order valence-corrected chi connectivity index (χ0v) is 6.84. The number of aromatic hydroxyl groups is 1. The van der Waals surface area contributed by atoms with Crippen molar-refractivity contribution in [3.63, 3.8) is 0 Å². The first-order chi connectivity index (χ1) is 5.59. The van der Waals surface area contributed by atoms with Crippen molar-refractivity contribution < 1.29 is 15.0 Å². The molecule has 0 radical (unpaired) electrons. The second-order valence-electron chi connectivity index (χ2n) is 2.33. The highest BCUT2D eigenvalue weighted by molar-refractivity contribution is 6.32. The van der Waals surface area contributed by atoms with Crippen LogP contribution < -0.4 is 5.11 Å². The molecule has 0 amide bonds. The van der Waals surface area contributed by atoms with Gasteiger partial charge in [-0.05, 0) is 17.7 Å². The Morgan fingerprint density at radius 1 is 1.58 bits per heavy atom. The topological polar surface area (TPSA) is 60.4 Å². The Kier molecular flexibility index (Phi) is 2.55. The van der Waals surface area contributed by atoms with E-state index in [1.807, 2.05) is 0 Å². The van der Waals surface area contributed by atoms with Gasteiger partial charge in [0, 0.05) is 12.4 Å². The van der Waals surface area contributed by atoms with Gasteiger partial charge >= 0.3 is 0 Å². The minimum Gasteiger partial charge on any atom is -0.550 e. The van der Waals surface area contributed by atoms with Gasteiger partial charge in [0.05, 0.1) is 5.02 Å². The second-order valence-corrected chi connectivity index (χ2v) is 2.74. The third-order valence-electron chi connectivity index (χ3n) is 1.36. The standard InChI is InChI=1S/C8H7ClO3/c9-6-2-1-5(3-7(6)10)4-8(11)12/h1-3,10H,4H2,(H,11,12)/p-1. The summed E-state index contributed by atoms with van der Waals surface area (Å²) in [4.78, 5) is 10.1. The quantitative estimate of drug-likeness (QED) is 0.723. The van der Waals surface area contributed by atoms with Crippen LogP contribution in [0, 0.1) is 0 Å². The molecule has 3 nitrogen and oxygen atoms in total. The summed E-state index contributed by atoms with van der Waals surface area (Å²) in [5.74, 6) is -1.30. The summed E-state index contributed by atoms with van der Waals surface area (Å²) >= 11 is 5.50. The van der Waals surface area contributed by atoms with Crippen molar-refractivity contribution in [1.82, 2.24) is 0 Å². The number of phenols is 1. The number of hydrogen-bond donors (Lipinski definition) is 1. The van der Waals surface area contributed by atoms with Gasteiger partial charge in [0.1, 0.15) is 5.75 Å². The van der Waals surface area contributed by atoms with Gasteiger partial charge in [-0.3, -0.25) is 0 Å². The number of phenolic OH excluding ortho intramolecular Hbond substituents is 1. The van der Waals surface area contributed by atoms with Gasteiger partial charge in [-0.2, -0.15) is 0 Å². The molecule has 0 saturated carbocycles. The number of carbonyl (C=O) groups excluding carboxylic acids is 1. The number of carboxylic acids is 1. The minimum absolute atomic E-state index is 0.115. The predicted octanol–water partition coefficient (Wildman–Crippen LogP) is 0.338. The Hall–Kier alpha value is -1.22. The van der Waals surface area contributed by atoms with E-state index in [2.05, 4.69) is 0 Å². The molecule has 1 aromatic carbocycles. The van der Waals surface area contributed by atoms with Crippen LogP contribution in [0.3, 0.4) is 0 Å². The SMILES string of the molecule is O=C([O-])Cc1ccc(Cl)c(O)c1. The molecular formula is C8H6ClO3-. The van der Waals surface area contributed by atoms with E-state index in [4.69, 9.17) is 16.7 Å². The smallest absolute Gasteiger partial charge is 0.134 e. The Balaban J connectivity index is 2.89. The van der Waals surface area contributed by atoms with E-state index in [-0.39, 0.29) is 17.2 Å². The van der Waals surface area contributed by atoms with E-state index in [0.29, 0.717) is 5.56 Å². The van der Waals surface area contributed by atoms with Crippen LogP contribution in [0.5, 0.6) is 5.75 Å². The Morgan fingerprint density at radius 2 is 2.25 bits per heavy atom. The summed E-state index contributed by atoms with van der Waals surface area (Å²) in [6.45, 7) is 0. The largest absolute Gasteiger partial charge is 0.550 e. The van der Waals surface area contributed by atoms with Crippen molar-refractivity contribution in [1.29, 1.82) is 0 Å². The number of aliphatic carboxylic acids is 1. The molecule has 0 unspecified atom stereocenters. The molecule has 4 heteroatoms. The van der Waals surface area contributed by atoms with Crippen molar-refractivity contribution >= 4 is 17.6 Å². The van der Waals surface area contributed by atoms with Crippen molar-refractivity contribution in [2.45, 2.75) is 6.42 Å². The van der Waals surface area contributed by atoms with Crippen LogP contribution >= 0.6 is 11.6 Å². The summed E-state index contributed by atoms with van der Waals surface area (Å²) < 4.78 is 0. The molecule has 0 bridgehead atoms. The van der Waals surface area contributed by atoms with Crippen LogP contribution in [0.15, 0.2) is 18.2 Å². The third-order valence-corrected chi connectivity index (χ3v) is 1.68. The van der Waals surface area contributed by atoms with Gasteiger partial charge < -0.3 is 15.0 Å². The second kappa shape index (κ2) is 3.45. The molecule has 64 valence electrons. The zero-order chi connectivity index (χ0) is 9.14. The van der Waals surface area contributed by atoms with Gasteiger partial charge in [0.25, 0.3) is 0 Å². The number of carbonyl (C=O) groups is 1. The molecule has 1 aromatic rings. The highest BCUT2D eigenvalue weighted by Crippen LogP contribution is 2.23. The predicted molar refractivity (Wildman–Crippen MR) is 41.8 cm³/mol. The van der Waals surface area contributed by atoms with Crippen molar-refractivity contribution in [2.24, 2.45) is 0 Å². The fraction of sp³-hybridized carbons (Fsp3) is 0.125. The van der Waals surface area contributed by atoms with Crippen LogP contribution in [0.25, 0.3) is 0 Å². The Morgan fingerprint density at radius 3 is 2.75 bits per heavy atom. The monoisotopic (exact) mass is 185 g/mol. The summed E-state index contributed by atoms with van der Waals surface area (Å²) in [7, 11) is 0. The van der Waals surface area contributed by atoms with E-state index in [1.54, 1.807) is 0 Å². The number of benzene rings is 1. The van der Waals surface area contributed by atoms with Crippen LogP contribution in [-0.2, 0) is 11.2 Å². The summed E-state index contributed by atoms with van der Waals surface area (Å²) in [6.07, 6.45) is -0.218. The Bertz CT molecular complexity index is 309. The van der Waals surface area contributed by atoms with E-state index in [1.165, 1.54) is 18.2 Å². The lowest BCUT2D eigenvalue weighted by molar-refractivity contribution is -0.304. The molecule has 1 rings (SSSR count). The van der Waals surface area contributed by atoms with E-state index >= 15 is 0 Å². The maximum absolute atomic E-state index is 10.1. The molecule has 0 aliphatic rings. The van der Waals surface area contributed by atoms with E-state index in [0.717, 1.165) is 0 Å². The van der Waals surface area contributed by atoms with Crippen molar-refractivity contribution in [3.8, 4) is 5.75 Å². The molecule has 0 fully saturated rings. The van der Waals surface area contributed by atoms with Gasteiger partial charge in [-0.25, -0.2) is 0 Å². The molecule has 12 heavy (non-hydrogen) atoms. The molecule has 1 N–H and O–H groups in total. The molecule has 0 aromatic heterocycles. The molecule has 0 aliphatic carbocycles. The first kappa shape index (κ1) is 8.87. The lowest BCUT2D eigenvalue weighted by atomic mass is 10.1. The summed E-state index contributed by atoms with van der Waals surface area (Å²) in [5.41, 5.74) is 0.469. The Labute approximate surface area is 74.2 Å². The first-order valence-electron chi connectivity index (χ1n) is 3.27. The molecule has 0 atom stereocenters. The van der Waals surface area contributed by atoms with Crippen molar-refractivity contribution in [2.75, 3.05) is 0 Å². The van der Waals surface area contributed by atoms with E-state index in [9.17, 15) is 9.90 Å². The van der Waals surface area contributed by atoms with Gasteiger partial charge in [-0.1, -0.05) is 17.7 Å². The van der Waals surface area contributed by atoms with E-state index < -0.39 is 5.97 Å². The van der Waals surface area contributed by atoms with Crippen LogP contribution in [-0.4, -0.2) is 11.1 Å². The first-order valence-corrected chi connectivity index (χ1v) is 3.64. The molecule has 0 saturated heterocycles. The number of halogens is 1. The lowest BCUT2D eigenvalue weighted by Gasteiger charge is -2.03. The molecule has 0 heterocycles. The highest BCUT2D eigenvalue weighted by Gasteiger charge is 1.99. The minimum atomic E-state index is -1.18. The fourth-order valence-corrected chi connectivity index (χ4v) is 0.952. The van der Waals surface area contributed by atoms with Gasteiger partial charge in [0.2, 0.25) is 0 Å². The van der Waals surface area contributed by atoms with Gasteiger partial charge in [-0.15, -0.1) is 0 Å². The molecule has 0 spiro atoms. The van der Waals surface area contributed by atoms with Crippen LogP contribution in [0.1, 0.15) is 5.56 Å². The number of hydrogen-bond acceptors (Lipinski definition) is 3. The maximum atomic E-state index is 10.1. The van der Waals surface area contributed by atoms with Gasteiger partial charge in [0.15, 0.2) is 0 Å². The highest BCUT2D eigenvalue weighted by atomic mass is 35.5. The summed E-state index contributed by atoms with van der Waals surface area (Å²) in [6, 6.07) is 4.27. The average Bonchev–Trinajstić information content (AvgIpc) is 1.96. The fourth-order valence-electron chi connectivity index (χ4n) is 0.835. The van der Waals surface area contributed by atoms with Crippen LogP contribution in [0.4, 0.5) is 0 Å². The maximum Gasteiger partial charge on any atom is 0.134 e. The lowest BCUT2D eigenvalue weighted by Crippen LogP contribution is -2.24. The zero-order valence-electron chi connectivity index (χ0n) is 6.08.